The lowest BCUT2D eigenvalue weighted by Crippen LogP contribution is -2.16. The van der Waals surface area contributed by atoms with Crippen LogP contribution in [0.5, 0.6) is 5.88 Å². The lowest BCUT2D eigenvalue weighted by molar-refractivity contribution is -0.137. The van der Waals surface area contributed by atoms with Crippen LogP contribution in [0.4, 0.5) is 5.69 Å². The average molecular weight is 232 g/mol. The van der Waals surface area contributed by atoms with Crippen molar-refractivity contribution in [1.29, 1.82) is 0 Å². The molecule has 88 valence electrons. The summed E-state index contributed by atoms with van der Waals surface area (Å²) >= 11 is 0. The second-order valence-electron chi connectivity index (χ2n) is 3.54. The van der Waals surface area contributed by atoms with Crippen LogP contribution in [0, 0.1) is 0 Å². The van der Waals surface area contributed by atoms with E-state index in [1.807, 2.05) is 0 Å². The Balaban J connectivity index is 2.16. The Kier molecular flexibility index (Phi) is 3.09. The Bertz CT molecular complexity index is 495. The molecule has 0 amide bonds. The molecule has 0 unspecified atom stereocenters. The van der Waals surface area contributed by atoms with Gasteiger partial charge in [0.2, 0.25) is 5.88 Å². The molecule has 0 bridgehead atoms. The van der Waals surface area contributed by atoms with Crippen molar-refractivity contribution in [2.45, 2.75) is 6.42 Å². The third kappa shape index (κ3) is 2.28. The van der Waals surface area contributed by atoms with Gasteiger partial charge in [-0.25, -0.2) is 9.78 Å². The van der Waals surface area contributed by atoms with Gasteiger partial charge in [-0.1, -0.05) is 12.7 Å². The predicted octanol–water partition coefficient (Wildman–Crippen LogP) is 1.37. The minimum Gasteiger partial charge on any atom is -0.493 e. The van der Waals surface area contributed by atoms with Gasteiger partial charge in [0.15, 0.2) is 0 Å². The molecule has 5 nitrogen and oxygen atoms in total. The number of ether oxygens (including phenoxy) is 1. The van der Waals surface area contributed by atoms with Gasteiger partial charge in [0.1, 0.15) is 6.61 Å². The lowest BCUT2D eigenvalue weighted by Gasteiger charge is -2.17. The number of carbonyl (C=O) groups excluding carboxylic acids is 1. The topological polar surface area (TPSA) is 71.5 Å². The molecule has 0 aromatic carbocycles. The number of aromatic nitrogens is 1. The molecule has 0 spiro atoms. The molecular weight excluding hydrogens is 220 g/mol. The number of nitrogens with one attached hydrogen (secondary N) is 1. The molecular formula is C12H12N2O3. The van der Waals surface area contributed by atoms with E-state index in [4.69, 9.17) is 4.74 Å². The van der Waals surface area contributed by atoms with E-state index < -0.39 is 5.97 Å². The summed E-state index contributed by atoms with van der Waals surface area (Å²) in [5, 5.41) is 12.5. The van der Waals surface area contributed by atoms with Crippen molar-refractivity contribution in [2.75, 3.05) is 11.9 Å². The maximum absolute atomic E-state index is 11.6. The van der Waals surface area contributed by atoms with Crippen LogP contribution in [0.15, 0.2) is 36.7 Å². The Hall–Kier alpha value is -2.30. The van der Waals surface area contributed by atoms with Crippen LogP contribution in [0.2, 0.25) is 0 Å². The molecule has 2 rings (SSSR count). The minimum absolute atomic E-state index is 0.0721. The van der Waals surface area contributed by atoms with E-state index in [0.717, 1.165) is 5.69 Å². The van der Waals surface area contributed by atoms with Crippen molar-refractivity contribution >= 4 is 11.7 Å². The first-order chi connectivity index (χ1) is 8.22. The van der Waals surface area contributed by atoms with Crippen molar-refractivity contribution in [3.63, 3.8) is 0 Å². The van der Waals surface area contributed by atoms with Crippen LogP contribution < -0.4 is 5.32 Å². The molecule has 5 heteroatoms. The van der Waals surface area contributed by atoms with Gasteiger partial charge in [0.25, 0.3) is 0 Å². The van der Waals surface area contributed by atoms with Gasteiger partial charge >= 0.3 is 5.97 Å². The normalized spacial score (nSPS) is 13.1. The van der Waals surface area contributed by atoms with Crippen LogP contribution >= 0.6 is 0 Å². The van der Waals surface area contributed by atoms with Crippen LogP contribution in [0.25, 0.3) is 0 Å². The molecule has 1 aromatic rings. The summed E-state index contributed by atoms with van der Waals surface area (Å²) in [6.07, 6.45) is 4.88. The molecule has 1 aliphatic rings. The first-order valence-electron chi connectivity index (χ1n) is 5.13. The van der Waals surface area contributed by atoms with E-state index in [-0.39, 0.29) is 12.5 Å². The largest absolute Gasteiger partial charge is 0.493 e. The lowest BCUT2D eigenvalue weighted by atomic mass is 10.0. The highest BCUT2D eigenvalue weighted by Gasteiger charge is 2.20. The number of esters is 1. The quantitative estimate of drug-likeness (QED) is 0.608. The molecule has 2 N–H and O–H groups in total. The van der Waals surface area contributed by atoms with Crippen molar-refractivity contribution < 1.29 is 14.6 Å². The van der Waals surface area contributed by atoms with Gasteiger partial charge in [0, 0.05) is 30.1 Å². The fourth-order valence-corrected chi connectivity index (χ4v) is 1.56. The summed E-state index contributed by atoms with van der Waals surface area (Å²) in [7, 11) is 0. The van der Waals surface area contributed by atoms with Crippen molar-refractivity contribution in [1.82, 2.24) is 4.98 Å². The summed E-state index contributed by atoms with van der Waals surface area (Å²) in [4.78, 5) is 15.4. The van der Waals surface area contributed by atoms with Crippen LogP contribution in [-0.4, -0.2) is 22.7 Å². The molecule has 0 aliphatic carbocycles. The second-order valence-corrected chi connectivity index (χ2v) is 3.54. The molecule has 2 heterocycles. The van der Waals surface area contributed by atoms with Crippen molar-refractivity contribution in [3.8, 4) is 5.88 Å². The fraction of sp³-hybridized carbons (Fsp3) is 0.167. The number of hydrogen-bond acceptors (Lipinski definition) is 5. The summed E-state index contributed by atoms with van der Waals surface area (Å²) in [6.45, 7) is 3.63. The van der Waals surface area contributed by atoms with Gasteiger partial charge in [-0.15, -0.1) is 0 Å². The number of aromatic hydroxyl groups is 1. The van der Waals surface area contributed by atoms with E-state index in [1.54, 1.807) is 12.3 Å². The summed E-state index contributed by atoms with van der Waals surface area (Å²) in [5.74, 6) is -0.497. The van der Waals surface area contributed by atoms with Gasteiger partial charge in [0.05, 0.1) is 5.57 Å². The first-order valence-corrected chi connectivity index (χ1v) is 5.13. The monoisotopic (exact) mass is 232 g/mol. The average Bonchev–Trinajstić information content (AvgIpc) is 2.36. The maximum atomic E-state index is 11.6. The second kappa shape index (κ2) is 4.69. The van der Waals surface area contributed by atoms with Gasteiger partial charge in [-0.05, 0) is 6.07 Å². The first kappa shape index (κ1) is 11.2. The number of rotatable bonds is 3. The van der Waals surface area contributed by atoms with Crippen molar-refractivity contribution in [2.24, 2.45) is 0 Å². The third-order valence-corrected chi connectivity index (χ3v) is 2.40. The molecule has 0 atom stereocenters. The molecule has 1 aromatic heterocycles. The molecule has 0 saturated carbocycles. The number of carbonyl (C=O) groups is 1. The Morgan fingerprint density at radius 3 is 3.29 bits per heavy atom. The smallest absolute Gasteiger partial charge is 0.336 e. The Labute approximate surface area is 98.4 Å². The number of anilines is 1. The zero-order chi connectivity index (χ0) is 12.3. The number of nitrogens with zero attached hydrogens (tertiary/aromatic N) is 1. The minimum atomic E-state index is -0.425. The molecule has 0 fully saturated rings. The summed E-state index contributed by atoms with van der Waals surface area (Å²) < 4.78 is 4.92. The Morgan fingerprint density at radius 1 is 1.71 bits per heavy atom. The number of pyridine rings is 1. The van der Waals surface area contributed by atoms with Crippen LogP contribution in [0.3, 0.4) is 0 Å². The molecule has 1 aliphatic heterocycles. The molecule has 17 heavy (non-hydrogen) atoms. The van der Waals surface area contributed by atoms with Crippen LogP contribution in [-0.2, 0) is 16.0 Å². The van der Waals surface area contributed by atoms with Gasteiger partial charge in [-0.3, -0.25) is 0 Å². The third-order valence-electron chi connectivity index (χ3n) is 2.40. The summed E-state index contributed by atoms with van der Waals surface area (Å²) in [6, 6.07) is 1.73. The van der Waals surface area contributed by atoms with E-state index in [0.29, 0.717) is 17.6 Å². The van der Waals surface area contributed by atoms with E-state index in [9.17, 15) is 9.90 Å². The molecule has 0 saturated heterocycles. The highest BCUT2D eigenvalue weighted by atomic mass is 16.5. The van der Waals surface area contributed by atoms with E-state index >= 15 is 0 Å². The number of fused-ring (bicyclic) bond motifs is 1. The Morgan fingerprint density at radius 2 is 2.53 bits per heavy atom. The van der Waals surface area contributed by atoms with E-state index in [1.165, 1.54) is 12.3 Å². The van der Waals surface area contributed by atoms with E-state index in [2.05, 4.69) is 16.9 Å². The highest BCUT2D eigenvalue weighted by Crippen LogP contribution is 2.29. The number of hydrogen-bond donors (Lipinski definition) is 2. The summed E-state index contributed by atoms with van der Waals surface area (Å²) in [5.41, 5.74) is 1.79. The maximum Gasteiger partial charge on any atom is 0.336 e. The predicted molar refractivity (Wildman–Crippen MR) is 62.5 cm³/mol. The molecule has 0 radical (unpaired) electrons. The zero-order valence-electron chi connectivity index (χ0n) is 9.14. The SMILES string of the molecule is C=CCOC(=O)C1=CNc2ccnc(O)c2C1. The van der Waals surface area contributed by atoms with Gasteiger partial charge in [-0.2, -0.15) is 0 Å². The van der Waals surface area contributed by atoms with Crippen molar-refractivity contribution in [3.05, 3.63) is 42.3 Å². The highest BCUT2D eigenvalue weighted by molar-refractivity contribution is 5.91. The van der Waals surface area contributed by atoms with Gasteiger partial charge < -0.3 is 15.2 Å². The zero-order valence-corrected chi connectivity index (χ0v) is 9.14. The van der Waals surface area contributed by atoms with Crippen LogP contribution in [0.1, 0.15) is 5.56 Å². The standard InChI is InChI=1S/C12H12N2O3/c1-2-5-17-12(16)8-6-9-10(14-7-8)3-4-13-11(9)15/h2-4,7,14H,1,5-6H2,(H,13,15). The fourth-order valence-electron chi connectivity index (χ4n) is 1.56.